The number of carbonyl (C=O) groups excluding carboxylic acids is 2. The summed E-state index contributed by atoms with van der Waals surface area (Å²) in [6.07, 6.45) is -3.33. The van der Waals surface area contributed by atoms with Crippen LogP contribution in [-0.4, -0.2) is 68.2 Å². The molecule has 0 spiro atoms. The van der Waals surface area contributed by atoms with Crippen LogP contribution >= 0.6 is 7.75 Å². The number of rotatable bonds is 12. The highest BCUT2D eigenvalue weighted by atomic mass is 31.2. The molecule has 3 heterocycles. The van der Waals surface area contributed by atoms with Gasteiger partial charge in [-0.25, -0.2) is 14.1 Å². The van der Waals surface area contributed by atoms with Crippen molar-refractivity contribution in [2.45, 2.75) is 84.0 Å². The molecular weight excluding hydrogens is 619 g/mol. The minimum atomic E-state index is -4.41. The fraction of sp³-hybridized carbons (Fsp3) is 0.500. The van der Waals surface area contributed by atoms with E-state index in [9.17, 15) is 24.5 Å². The molecule has 1 unspecified atom stereocenters. The number of nitrogens with one attached hydrogen (secondary N) is 1. The summed E-state index contributed by atoms with van der Waals surface area (Å²) in [5.41, 5.74) is 2.10. The molecule has 3 aromatic rings. The summed E-state index contributed by atoms with van der Waals surface area (Å²) in [7, 11) is -4.41. The molecule has 0 bridgehead atoms. The van der Waals surface area contributed by atoms with Crippen LogP contribution in [0.4, 0.5) is 5.82 Å². The number of nitrogens with zero attached hydrogens (tertiary/aromatic N) is 4. The fourth-order valence-corrected chi connectivity index (χ4v) is 6.46. The smallest absolute Gasteiger partial charge is 0.459 e. The second-order valence-corrected chi connectivity index (χ2v) is 13.4. The number of esters is 2. The van der Waals surface area contributed by atoms with Gasteiger partial charge in [0.05, 0.1) is 24.3 Å². The van der Waals surface area contributed by atoms with E-state index in [2.05, 4.69) is 15.2 Å². The first-order chi connectivity index (χ1) is 21.5. The van der Waals surface area contributed by atoms with Crippen molar-refractivity contribution in [3.8, 4) is 11.8 Å². The lowest BCUT2D eigenvalue weighted by Crippen LogP contribution is -2.54. The Bertz CT molecular complexity index is 1670. The standard InChI is InChI=1S/C30H39N6O9P/c1-17(2)27(37)43-25-23(15-41-46(40,45-21-11-9-8-10-12-21)35-19(5)28(38)42-18(3)4)44-30(16-31,29(25,7)39)24-14-13-22-26(32)33-20(6)34-36(22)24/h8-14,17-19,23,25,39H,15H2,1-7H3,(H,35,40)(H2,32,33,34)/t19-,23+,25+,29+,30-,46?/m0/s1. The van der Waals surface area contributed by atoms with Gasteiger partial charge in [0.1, 0.15) is 40.9 Å². The van der Waals surface area contributed by atoms with Gasteiger partial charge in [-0.2, -0.15) is 15.4 Å². The van der Waals surface area contributed by atoms with Crippen LogP contribution in [0, 0.1) is 24.2 Å². The Hall–Kier alpha value is -4.06. The summed E-state index contributed by atoms with van der Waals surface area (Å²) in [5.74, 6) is -1.45. The zero-order valence-corrected chi connectivity index (χ0v) is 27.6. The third kappa shape index (κ3) is 6.86. The summed E-state index contributed by atoms with van der Waals surface area (Å²) in [4.78, 5) is 29.6. The summed E-state index contributed by atoms with van der Waals surface area (Å²) in [6, 6.07) is 12.1. The largest absolute Gasteiger partial charge is 0.462 e. The third-order valence-electron chi connectivity index (χ3n) is 7.24. The van der Waals surface area contributed by atoms with E-state index in [4.69, 9.17) is 29.0 Å². The second-order valence-electron chi connectivity index (χ2n) is 11.7. The van der Waals surface area contributed by atoms with E-state index in [0.717, 1.165) is 0 Å². The number of para-hydroxylation sites is 1. The molecule has 0 saturated carbocycles. The van der Waals surface area contributed by atoms with Crippen molar-refractivity contribution in [1.82, 2.24) is 19.7 Å². The number of anilines is 1. The lowest BCUT2D eigenvalue weighted by molar-refractivity contribution is -0.168. The van der Waals surface area contributed by atoms with Gasteiger partial charge in [0.2, 0.25) is 5.60 Å². The van der Waals surface area contributed by atoms with Crippen molar-refractivity contribution < 1.29 is 42.5 Å². The molecule has 1 aliphatic heterocycles. The molecule has 4 N–H and O–H groups in total. The molecule has 46 heavy (non-hydrogen) atoms. The number of hydrogen-bond donors (Lipinski definition) is 3. The number of hydrogen-bond acceptors (Lipinski definition) is 13. The molecule has 248 valence electrons. The number of nitrogens with two attached hydrogens (primary N) is 1. The maximum absolute atomic E-state index is 14.2. The number of aliphatic hydroxyl groups is 1. The Morgan fingerprint density at radius 2 is 1.85 bits per heavy atom. The Kier molecular flexibility index (Phi) is 10.1. The number of ether oxygens (including phenoxy) is 3. The van der Waals surface area contributed by atoms with Gasteiger partial charge in [-0.15, -0.1) is 0 Å². The van der Waals surface area contributed by atoms with Gasteiger partial charge in [-0.3, -0.25) is 14.1 Å². The molecule has 6 atom stereocenters. The first kappa shape index (κ1) is 34.8. The molecule has 1 fully saturated rings. The normalized spacial score (nSPS) is 24.8. The molecule has 1 saturated heterocycles. The van der Waals surface area contributed by atoms with E-state index < -0.39 is 67.8 Å². The zero-order valence-electron chi connectivity index (χ0n) is 26.7. The summed E-state index contributed by atoms with van der Waals surface area (Å²) >= 11 is 0. The average molecular weight is 659 g/mol. The van der Waals surface area contributed by atoms with Crippen LogP contribution in [0.2, 0.25) is 0 Å². The highest BCUT2D eigenvalue weighted by Crippen LogP contribution is 2.51. The van der Waals surface area contributed by atoms with Gasteiger partial charge in [-0.1, -0.05) is 32.0 Å². The van der Waals surface area contributed by atoms with Crippen molar-refractivity contribution in [3.05, 3.63) is 54.0 Å². The molecule has 0 aliphatic carbocycles. The maximum atomic E-state index is 14.2. The predicted octanol–water partition coefficient (Wildman–Crippen LogP) is 3.19. The van der Waals surface area contributed by atoms with Gasteiger partial charge >= 0.3 is 19.7 Å². The van der Waals surface area contributed by atoms with E-state index >= 15 is 0 Å². The maximum Gasteiger partial charge on any atom is 0.459 e. The van der Waals surface area contributed by atoms with Crippen LogP contribution in [0.5, 0.6) is 5.75 Å². The average Bonchev–Trinajstić information content (AvgIpc) is 3.49. The van der Waals surface area contributed by atoms with E-state index in [-0.39, 0.29) is 23.1 Å². The minimum absolute atomic E-state index is 0.0761. The van der Waals surface area contributed by atoms with E-state index in [1.165, 1.54) is 36.6 Å². The van der Waals surface area contributed by atoms with Gasteiger partial charge in [0, 0.05) is 0 Å². The highest BCUT2D eigenvalue weighted by Gasteiger charge is 2.67. The number of nitrogen functional groups attached to an aromatic ring is 1. The number of aromatic nitrogens is 3. The number of fused-ring (bicyclic) bond motifs is 1. The number of carbonyl (C=O) groups is 2. The lowest BCUT2D eigenvalue weighted by Gasteiger charge is -2.34. The summed E-state index contributed by atoms with van der Waals surface area (Å²) in [5, 5.41) is 29.6. The summed E-state index contributed by atoms with van der Waals surface area (Å²) < 4.78 is 44.2. The van der Waals surface area contributed by atoms with Crippen molar-refractivity contribution in [3.63, 3.8) is 0 Å². The Balaban J connectivity index is 1.74. The van der Waals surface area contributed by atoms with Crippen LogP contribution in [0.3, 0.4) is 0 Å². The van der Waals surface area contributed by atoms with E-state index in [1.807, 2.05) is 6.07 Å². The van der Waals surface area contributed by atoms with Crippen LogP contribution in [0.25, 0.3) is 5.52 Å². The molecule has 2 aromatic heterocycles. The topological polar surface area (TPSA) is 210 Å². The SMILES string of the molecule is Cc1nc(N)c2ccc([C@]3(C#N)O[C@H](COP(=O)(N[C@@H](C)C(=O)OC(C)C)Oc4ccccc4)[C@@H](OC(=O)C(C)C)[C@@]3(C)O)n2n1. The van der Waals surface area contributed by atoms with Crippen LogP contribution in [-0.2, 0) is 38.5 Å². The van der Waals surface area contributed by atoms with E-state index in [1.54, 1.807) is 58.9 Å². The van der Waals surface area contributed by atoms with Crippen molar-refractivity contribution in [2.24, 2.45) is 5.92 Å². The molecule has 4 rings (SSSR count). The minimum Gasteiger partial charge on any atom is -0.462 e. The molecule has 1 aliphatic rings. The zero-order chi connectivity index (χ0) is 34.0. The first-order valence-electron chi connectivity index (χ1n) is 14.7. The van der Waals surface area contributed by atoms with Crippen LogP contribution in [0.1, 0.15) is 53.1 Å². The lowest BCUT2D eigenvalue weighted by atomic mass is 9.80. The molecule has 15 nitrogen and oxygen atoms in total. The summed E-state index contributed by atoms with van der Waals surface area (Å²) in [6.45, 7) is 10.2. The molecule has 0 amide bonds. The second kappa shape index (κ2) is 13.4. The van der Waals surface area contributed by atoms with Gasteiger partial charge in [0.15, 0.2) is 11.9 Å². The van der Waals surface area contributed by atoms with Gasteiger partial charge in [0.25, 0.3) is 0 Å². The molecular formula is C30H39N6O9P. The quantitative estimate of drug-likeness (QED) is 0.189. The molecule has 16 heteroatoms. The molecule has 0 radical (unpaired) electrons. The van der Waals surface area contributed by atoms with Gasteiger partial charge in [-0.05, 0) is 58.9 Å². The number of nitriles is 1. The van der Waals surface area contributed by atoms with Crippen molar-refractivity contribution in [2.75, 3.05) is 12.3 Å². The highest BCUT2D eigenvalue weighted by molar-refractivity contribution is 7.52. The number of aryl methyl sites for hydroxylation is 1. The monoisotopic (exact) mass is 658 g/mol. The fourth-order valence-electron chi connectivity index (χ4n) is 4.96. The molecule has 1 aromatic carbocycles. The van der Waals surface area contributed by atoms with Crippen molar-refractivity contribution >= 4 is 31.0 Å². The first-order valence-corrected chi connectivity index (χ1v) is 16.2. The predicted molar refractivity (Wildman–Crippen MR) is 164 cm³/mol. The van der Waals surface area contributed by atoms with Crippen LogP contribution in [0.15, 0.2) is 42.5 Å². The Morgan fingerprint density at radius 3 is 2.46 bits per heavy atom. The van der Waals surface area contributed by atoms with Crippen molar-refractivity contribution in [1.29, 1.82) is 5.26 Å². The van der Waals surface area contributed by atoms with E-state index in [0.29, 0.717) is 5.52 Å². The number of benzene rings is 1. The third-order valence-corrected chi connectivity index (χ3v) is 8.89. The van der Waals surface area contributed by atoms with Crippen LogP contribution < -0.4 is 15.3 Å². The van der Waals surface area contributed by atoms with Gasteiger partial charge < -0.3 is 29.6 Å². The Labute approximate surface area is 266 Å². The Morgan fingerprint density at radius 1 is 1.17 bits per heavy atom.